The van der Waals surface area contributed by atoms with Crippen molar-refractivity contribution in [1.82, 2.24) is 4.72 Å². The second-order valence-electron chi connectivity index (χ2n) is 3.79. The van der Waals surface area contributed by atoms with Gasteiger partial charge in [-0.1, -0.05) is 11.9 Å². The molecule has 1 aromatic carbocycles. The molecule has 0 saturated carbocycles. The number of carbonyl (C=O) groups excluding carboxylic acids is 1. The molecular formula is C11H13BrN2O5S. The Balaban J connectivity index is 2.56. The quantitative estimate of drug-likeness (QED) is 0.206. The Hall–Kier alpha value is -1.29. The van der Waals surface area contributed by atoms with E-state index < -0.39 is 17.8 Å². The van der Waals surface area contributed by atoms with Gasteiger partial charge in [0.15, 0.2) is 5.78 Å². The molecule has 0 bridgehead atoms. The summed E-state index contributed by atoms with van der Waals surface area (Å²) in [6.45, 7) is -0.146. The minimum atomic E-state index is -1.13. The lowest BCUT2D eigenvalue weighted by atomic mass is 10.1. The SMILES string of the molecule is NC(CSNCC(=O)c1c(O)ccc(O)c1Br)C(=O)O. The first-order valence-corrected chi connectivity index (χ1v) is 7.19. The fourth-order valence-electron chi connectivity index (χ4n) is 1.25. The van der Waals surface area contributed by atoms with Gasteiger partial charge in [0.25, 0.3) is 0 Å². The van der Waals surface area contributed by atoms with Crippen molar-refractivity contribution in [3.63, 3.8) is 0 Å². The second-order valence-corrected chi connectivity index (χ2v) is 5.50. The lowest BCUT2D eigenvalue weighted by Crippen LogP contribution is -2.34. The van der Waals surface area contributed by atoms with Gasteiger partial charge in [0, 0.05) is 5.75 Å². The lowest BCUT2D eigenvalue weighted by molar-refractivity contribution is -0.137. The topological polar surface area (TPSA) is 133 Å². The number of Topliss-reactive ketones (excluding diaryl/α,β-unsaturated/α-hetero) is 1. The van der Waals surface area contributed by atoms with E-state index in [4.69, 9.17) is 10.8 Å². The van der Waals surface area contributed by atoms with Gasteiger partial charge < -0.3 is 21.1 Å². The number of aromatic hydroxyl groups is 2. The van der Waals surface area contributed by atoms with Crippen LogP contribution in [0.1, 0.15) is 10.4 Å². The van der Waals surface area contributed by atoms with Crippen LogP contribution in [-0.2, 0) is 4.79 Å². The van der Waals surface area contributed by atoms with E-state index >= 15 is 0 Å². The molecule has 6 N–H and O–H groups in total. The van der Waals surface area contributed by atoms with Gasteiger partial charge in [-0.25, -0.2) is 0 Å². The number of aliphatic carboxylic acids is 1. The van der Waals surface area contributed by atoms with Crippen molar-refractivity contribution >= 4 is 39.6 Å². The zero-order valence-corrected chi connectivity index (χ0v) is 12.6. The molecule has 0 heterocycles. The van der Waals surface area contributed by atoms with Crippen LogP contribution in [0, 0.1) is 0 Å². The zero-order chi connectivity index (χ0) is 15.3. The average molecular weight is 365 g/mol. The first kappa shape index (κ1) is 16.8. The molecule has 9 heteroatoms. The normalized spacial score (nSPS) is 12.1. The van der Waals surface area contributed by atoms with Crippen molar-refractivity contribution in [2.75, 3.05) is 12.3 Å². The molecule has 7 nitrogen and oxygen atoms in total. The Bertz CT molecular complexity index is 526. The van der Waals surface area contributed by atoms with E-state index in [0.29, 0.717) is 0 Å². The van der Waals surface area contributed by atoms with E-state index in [2.05, 4.69) is 20.7 Å². The van der Waals surface area contributed by atoms with E-state index in [9.17, 15) is 19.8 Å². The van der Waals surface area contributed by atoms with Crippen molar-refractivity contribution in [3.8, 4) is 11.5 Å². The summed E-state index contributed by atoms with van der Waals surface area (Å²) in [4.78, 5) is 22.4. The maximum Gasteiger partial charge on any atom is 0.321 e. The standard InChI is InChI=1S/C11H13BrN2O5S/c12-10-7(16)2-1-6(15)9(10)8(17)3-14-20-4-5(13)11(18)19/h1-2,5,14-16H,3-4,13H2,(H,18,19). The summed E-state index contributed by atoms with van der Waals surface area (Å²) in [5, 5.41) is 27.6. The predicted octanol–water partition coefficient (Wildman–Crippen LogP) is 0.693. The largest absolute Gasteiger partial charge is 0.507 e. The van der Waals surface area contributed by atoms with E-state index in [1.54, 1.807) is 0 Å². The summed E-state index contributed by atoms with van der Waals surface area (Å²) < 4.78 is 2.76. The number of halogens is 1. The molecule has 0 aliphatic rings. The fourth-order valence-corrected chi connectivity index (χ4v) is 2.47. The van der Waals surface area contributed by atoms with Crippen molar-refractivity contribution < 1.29 is 24.9 Å². The molecule has 110 valence electrons. The number of phenols is 2. The van der Waals surface area contributed by atoms with Crippen molar-refractivity contribution in [2.45, 2.75) is 6.04 Å². The van der Waals surface area contributed by atoms with E-state index in [0.717, 1.165) is 11.9 Å². The highest BCUT2D eigenvalue weighted by molar-refractivity contribution is 9.10. The molecule has 0 radical (unpaired) electrons. The number of carbonyl (C=O) groups is 2. The van der Waals surface area contributed by atoms with Gasteiger partial charge in [0.2, 0.25) is 0 Å². The molecule has 20 heavy (non-hydrogen) atoms. The molecule has 1 atom stereocenters. The highest BCUT2D eigenvalue weighted by Gasteiger charge is 2.18. The van der Waals surface area contributed by atoms with Crippen LogP contribution < -0.4 is 10.5 Å². The van der Waals surface area contributed by atoms with Gasteiger partial charge in [-0.15, -0.1) is 0 Å². The van der Waals surface area contributed by atoms with Gasteiger partial charge in [-0.3, -0.25) is 14.3 Å². The maximum atomic E-state index is 11.9. The van der Waals surface area contributed by atoms with Crippen LogP contribution in [0.5, 0.6) is 11.5 Å². The van der Waals surface area contributed by atoms with Crippen LogP contribution in [0.2, 0.25) is 0 Å². The van der Waals surface area contributed by atoms with E-state index in [1.165, 1.54) is 12.1 Å². The van der Waals surface area contributed by atoms with Crippen LogP contribution in [0.15, 0.2) is 16.6 Å². The van der Waals surface area contributed by atoms with Crippen molar-refractivity contribution in [3.05, 3.63) is 22.2 Å². The highest BCUT2D eigenvalue weighted by atomic mass is 79.9. The third-order valence-electron chi connectivity index (χ3n) is 2.29. The molecule has 0 amide bonds. The Morgan fingerprint density at radius 3 is 2.55 bits per heavy atom. The Morgan fingerprint density at radius 2 is 1.95 bits per heavy atom. The molecule has 0 spiro atoms. The molecule has 0 fully saturated rings. The van der Waals surface area contributed by atoms with Crippen LogP contribution in [-0.4, -0.2) is 45.4 Å². The molecule has 0 saturated heterocycles. The predicted molar refractivity (Wildman–Crippen MR) is 77.9 cm³/mol. The number of phenolic OH excluding ortho intramolecular Hbond substituents is 2. The van der Waals surface area contributed by atoms with Crippen molar-refractivity contribution in [2.24, 2.45) is 5.73 Å². The Kier molecular flexibility index (Phi) is 6.27. The summed E-state index contributed by atoms with van der Waals surface area (Å²) >= 11 is 4.01. The highest BCUT2D eigenvalue weighted by Crippen LogP contribution is 2.33. The molecule has 1 aromatic rings. The lowest BCUT2D eigenvalue weighted by Gasteiger charge is -2.09. The summed E-state index contributed by atoms with van der Waals surface area (Å²) in [5.74, 6) is -1.91. The zero-order valence-electron chi connectivity index (χ0n) is 10.2. The molecule has 1 rings (SSSR count). The molecule has 0 aromatic heterocycles. The van der Waals surface area contributed by atoms with Gasteiger partial charge >= 0.3 is 5.97 Å². The van der Waals surface area contributed by atoms with Crippen LogP contribution in [0.4, 0.5) is 0 Å². The van der Waals surface area contributed by atoms with E-state index in [-0.39, 0.29) is 33.8 Å². The van der Waals surface area contributed by atoms with Crippen LogP contribution in [0.3, 0.4) is 0 Å². The molecule has 0 aliphatic heterocycles. The second kappa shape index (κ2) is 7.48. The third-order valence-corrected chi connectivity index (χ3v) is 3.97. The van der Waals surface area contributed by atoms with Gasteiger partial charge in [0.1, 0.15) is 17.5 Å². The number of nitrogens with two attached hydrogens (primary N) is 1. The van der Waals surface area contributed by atoms with Gasteiger partial charge in [0.05, 0.1) is 16.6 Å². The summed E-state index contributed by atoms with van der Waals surface area (Å²) in [5.41, 5.74) is 5.25. The first-order chi connectivity index (χ1) is 9.34. The maximum absolute atomic E-state index is 11.9. The van der Waals surface area contributed by atoms with Crippen LogP contribution in [0.25, 0.3) is 0 Å². The van der Waals surface area contributed by atoms with E-state index in [1.807, 2.05) is 0 Å². The Morgan fingerprint density at radius 1 is 1.35 bits per heavy atom. The minimum absolute atomic E-state index is 0.0411. The number of hydrogen-bond acceptors (Lipinski definition) is 7. The first-order valence-electron chi connectivity index (χ1n) is 5.41. The summed E-state index contributed by atoms with van der Waals surface area (Å²) in [6, 6.07) is 1.44. The molecule has 0 aliphatic carbocycles. The van der Waals surface area contributed by atoms with Gasteiger partial charge in [-0.2, -0.15) is 0 Å². The summed E-state index contributed by atoms with van der Waals surface area (Å²) in [7, 11) is 0. The summed E-state index contributed by atoms with van der Waals surface area (Å²) in [6.07, 6.45) is 0. The number of carboxylic acid groups (broad SMARTS) is 1. The third kappa shape index (κ3) is 4.37. The monoisotopic (exact) mass is 364 g/mol. The number of nitrogens with one attached hydrogen (secondary N) is 1. The average Bonchev–Trinajstić information content (AvgIpc) is 2.39. The van der Waals surface area contributed by atoms with Crippen molar-refractivity contribution in [1.29, 1.82) is 0 Å². The number of carboxylic acids is 1. The number of hydrogen-bond donors (Lipinski definition) is 5. The fraction of sp³-hybridized carbons (Fsp3) is 0.273. The smallest absolute Gasteiger partial charge is 0.321 e. The minimum Gasteiger partial charge on any atom is -0.507 e. The van der Waals surface area contributed by atoms with Crippen LogP contribution >= 0.6 is 27.9 Å². The molecular weight excluding hydrogens is 352 g/mol. The van der Waals surface area contributed by atoms with Gasteiger partial charge in [-0.05, 0) is 28.1 Å². The number of ketones is 1. The Labute approximate surface area is 127 Å². The number of benzene rings is 1. The molecule has 1 unspecified atom stereocenters. The number of rotatable bonds is 7.